The maximum atomic E-state index is 5.70. The molecule has 0 amide bonds. The van der Waals surface area contributed by atoms with Crippen LogP contribution in [0.25, 0.3) is 0 Å². The van der Waals surface area contributed by atoms with E-state index < -0.39 is 0 Å². The molecule has 0 N–H and O–H groups in total. The van der Waals surface area contributed by atoms with Crippen molar-refractivity contribution in [2.75, 3.05) is 0 Å². The summed E-state index contributed by atoms with van der Waals surface area (Å²) in [7, 11) is 0. The number of thiazole rings is 1. The molecule has 0 saturated carbocycles. The van der Waals surface area contributed by atoms with Crippen molar-refractivity contribution in [1.82, 2.24) is 4.98 Å². The van der Waals surface area contributed by atoms with E-state index >= 15 is 0 Å². The highest BCUT2D eigenvalue weighted by Crippen LogP contribution is 2.29. The third kappa shape index (κ3) is 2.58. The Morgan fingerprint density at radius 2 is 2.20 bits per heavy atom. The summed E-state index contributed by atoms with van der Waals surface area (Å²) in [5, 5.41) is 2.58. The minimum atomic E-state index is 0.669. The fourth-order valence-electron chi connectivity index (χ4n) is 1.28. The Labute approximate surface area is 101 Å². The molecular formula is C11H10BrNOS. The van der Waals surface area contributed by atoms with Crippen LogP contribution in [-0.2, 0) is 6.42 Å². The minimum Gasteiger partial charge on any atom is -0.431 e. The van der Waals surface area contributed by atoms with Crippen LogP contribution in [0.5, 0.6) is 10.9 Å². The van der Waals surface area contributed by atoms with Gasteiger partial charge in [-0.2, -0.15) is 4.98 Å². The van der Waals surface area contributed by atoms with E-state index in [0.29, 0.717) is 5.19 Å². The number of halogens is 1. The van der Waals surface area contributed by atoms with E-state index in [9.17, 15) is 0 Å². The molecule has 0 atom stereocenters. The zero-order chi connectivity index (χ0) is 10.7. The molecule has 78 valence electrons. The molecule has 0 fully saturated rings. The first-order chi connectivity index (χ1) is 7.29. The van der Waals surface area contributed by atoms with Crippen LogP contribution in [-0.4, -0.2) is 4.98 Å². The number of para-hydroxylation sites is 1. The number of benzene rings is 1. The first-order valence-electron chi connectivity index (χ1n) is 4.66. The number of ether oxygens (including phenoxy) is 1. The molecule has 2 nitrogen and oxygen atoms in total. The predicted octanol–water partition coefficient (Wildman–Crippen LogP) is 4.26. The van der Waals surface area contributed by atoms with E-state index in [1.54, 1.807) is 0 Å². The third-order valence-electron chi connectivity index (χ3n) is 2.01. The van der Waals surface area contributed by atoms with Gasteiger partial charge in [-0.3, -0.25) is 0 Å². The molecule has 4 heteroatoms. The summed E-state index contributed by atoms with van der Waals surface area (Å²) < 4.78 is 6.51. The minimum absolute atomic E-state index is 0.669. The number of hydrogen-bond donors (Lipinski definition) is 0. The lowest BCUT2D eigenvalue weighted by atomic mass is 10.1. The SMILES string of the molecule is CCc1ccccc1Oc1nc(Br)cs1. The highest BCUT2D eigenvalue weighted by atomic mass is 79.9. The standard InChI is InChI=1S/C11H10BrNOS/c1-2-8-5-3-4-6-9(8)14-11-13-10(12)7-15-11/h3-7H,2H2,1H3. The molecule has 0 bridgehead atoms. The van der Waals surface area contributed by atoms with Gasteiger partial charge in [0.2, 0.25) is 0 Å². The average Bonchev–Trinajstić information content (AvgIpc) is 2.65. The second-order valence-corrected chi connectivity index (χ2v) is 4.63. The molecule has 0 aliphatic heterocycles. The summed E-state index contributed by atoms with van der Waals surface area (Å²) in [6.07, 6.45) is 0.961. The van der Waals surface area contributed by atoms with Crippen LogP contribution in [0.1, 0.15) is 12.5 Å². The molecule has 1 aromatic carbocycles. The Bertz CT molecular complexity index is 455. The quantitative estimate of drug-likeness (QED) is 0.840. The van der Waals surface area contributed by atoms with Gasteiger partial charge in [0.15, 0.2) is 0 Å². The van der Waals surface area contributed by atoms with Gasteiger partial charge < -0.3 is 4.74 Å². The average molecular weight is 284 g/mol. The highest BCUT2D eigenvalue weighted by Gasteiger charge is 2.05. The van der Waals surface area contributed by atoms with E-state index in [2.05, 4.69) is 33.9 Å². The van der Waals surface area contributed by atoms with Crippen molar-refractivity contribution >= 4 is 27.3 Å². The number of nitrogens with zero attached hydrogens (tertiary/aromatic N) is 1. The molecule has 1 heterocycles. The van der Waals surface area contributed by atoms with Gasteiger partial charge in [0.05, 0.1) is 0 Å². The van der Waals surface area contributed by atoms with Crippen molar-refractivity contribution in [3.63, 3.8) is 0 Å². The van der Waals surface area contributed by atoms with Crippen LogP contribution in [0.15, 0.2) is 34.2 Å². The summed E-state index contributed by atoms with van der Waals surface area (Å²) >= 11 is 4.78. The largest absolute Gasteiger partial charge is 0.431 e. The molecule has 2 rings (SSSR count). The molecule has 15 heavy (non-hydrogen) atoms. The second kappa shape index (κ2) is 4.77. The fraction of sp³-hybridized carbons (Fsp3) is 0.182. The maximum absolute atomic E-state index is 5.70. The molecule has 1 aromatic heterocycles. The Morgan fingerprint density at radius 1 is 1.40 bits per heavy atom. The van der Waals surface area contributed by atoms with Gasteiger partial charge in [-0.05, 0) is 34.0 Å². The van der Waals surface area contributed by atoms with Crippen molar-refractivity contribution in [3.8, 4) is 10.9 Å². The van der Waals surface area contributed by atoms with Crippen molar-refractivity contribution in [2.45, 2.75) is 13.3 Å². The van der Waals surface area contributed by atoms with Crippen molar-refractivity contribution in [2.24, 2.45) is 0 Å². The number of aromatic nitrogens is 1. The first-order valence-corrected chi connectivity index (χ1v) is 6.33. The smallest absolute Gasteiger partial charge is 0.279 e. The molecular weight excluding hydrogens is 274 g/mol. The van der Waals surface area contributed by atoms with E-state index in [1.165, 1.54) is 16.9 Å². The van der Waals surface area contributed by atoms with Crippen molar-refractivity contribution in [3.05, 3.63) is 39.8 Å². The predicted molar refractivity (Wildman–Crippen MR) is 65.7 cm³/mol. The maximum Gasteiger partial charge on any atom is 0.279 e. The van der Waals surface area contributed by atoms with Crippen LogP contribution in [0.4, 0.5) is 0 Å². The summed E-state index contributed by atoms with van der Waals surface area (Å²) in [6.45, 7) is 2.11. The van der Waals surface area contributed by atoms with E-state index in [-0.39, 0.29) is 0 Å². The Balaban J connectivity index is 2.23. The lowest BCUT2D eigenvalue weighted by Crippen LogP contribution is -1.89. The molecule has 0 radical (unpaired) electrons. The number of hydrogen-bond acceptors (Lipinski definition) is 3. The molecule has 0 spiro atoms. The monoisotopic (exact) mass is 283 g/mol. The van der Waals surface area contributed by atoms with Gasteiger partial charge in [-0.1, -0.05) is 36.5 Å². The first kappa shape index (κ1) is 10.6. The summed E-state index contributed by atoms with van der Waals surface area (Å²) in [6, 6.07) is 8.02. The fourth-order valence-corrected chi connectivity index (χ4v) is 2.37. The van der Waals surface area contributed by atoms with Gasteiger partial charge in [0, 0.05) is 5.38 Å². The molecule has 2 aromatic rings. The number of aryl methyl sites for hydroxylation is 1. The highest BCUT2D eigenvalue weighted by molar-refractivity contribution is 9.10. The third-order valence-corrected chi connectivity index (χ3v) is 3.43. The van der Waals surface area contributed by atoms with Crippen molar-refractivity contribution in [1.29, 1.82) is 0 Å². The van der Waals surface area contributed by atoms with E-state index in [4.69, 9.17) is 4.74 Å². The Morgan fingerprint density at radius 3 is 2.87 bits per heavy atom. The lowest BCUT2D eigenvalue weighted by Gasteiger charge is -2.06. The Kier molecular flexibility index (Phi) is 3.38. The summed E-state index contributed by atoms with van der Waals surface area (Å²) in [5.41, 5.74) is 1.20. The molecule has 0 saturated heterocycles. The van der Waals surface area contributed by atoms with Crippen LogP contribution in [0, 0.1) is 0 Å². The van der Waals surface area contributed by atoms with Gasteiger partial charge >= 0.3 is 0 Å². The van der Waals surface area contributed by atoms with Gasteiger partial charge in [0.25, 0.3) is 5.19 Å². The zero-order valence-electron chi connectivity index (χ0n) is 8.24. The summed E-state index contributed by atoms with van der Waals surface area (Å²) in [5.74, 6) is 0.891. The van der Waals surface area contributed by atoms with Crippen LogP contribution in [0.3, 0.4) is 0 Å². The lowest BCUT2D eigenvalue weighted by molar-refractivity contribution is 0.472. The Hall–Kier alpha value is -0.870. The summed E-state index contributed by atoms with van der Waals surface area (Å²) in [4.78, 5) is 4.19. The van der Waals surface area contributed by atoms with E-state index in [0.717, 1.165) is 16.8 Å². The topological polar surface area (TPSA) is 22.1 Å². The van der Waals surface area contributed by atoms with Crippen LogP contribution >= 0.6 is 27.3 Å². The van der Waals surface area contributed by atoms with Crippen molar-refractivity contribution < 1.29 is 4.74 Å². The van der Waals surface area contributed by atoms with E-state index in [1.807, 2.05) is 23.6 Å². The normalized spacial score (nSPS) is 10.3. The van der Waals surface area contributed by atoms with Gasteiger partial charge in [-0.15, -0.1) is 0 Å². The van der Waals surface area contributed by atoms with Crippen LogP contribution in [0.2, 0.25) is 0 Å². The van der Waals surface area contributed by atoms with Gasteiger partial charge in [0.1, 0.15) is 10.4 Å². The van der Waals surface area contributed by atoms with Gasteiger partial charge in [-0.25, -0.2) is 0 Å². The van der Waals surface area contributed by atoms with Crippen LogP contribution < -0.4 is 4.74 Å². The number of rotatable bonds is 3. The zero-order valence-corrected chi connectivity index (χ0v) is 10.6. The molecule has 0 unspecified atom stereocenters. The second-order valence-electron chi connectivity index (χ2n) is 3.00. The molecule has 0 aliphatic carbocycles. The molecule has 0 aliphatic rings.